The molecule has 0 radical (unpaired) electrons. The predicted molar refractivity (Wildman–Crippen MR) is 81.0 cm³/mol. The van der Waals surface area contributed by atoms with Crippen molar-refractivity contribution < 1.29 is 37.9 Å². The van der Waals surface area contributed by atoms with E-state index in [9.17, 15) is 0 Å². The lowest BCUT2D eigenvalue weighted by Crippen LogP contribution is -1.97. The van der Waals surface area contributed by atoms with Crippen molar-refractivity contribution in [3.8, 4) is 0 Å². The summed E-state index contributed by atoms with van der Waals surface area (Å²) in [5, 5.41) is 0. The highest BCUT2D eigenvalue weighted by Gasteiger charge is 2.24. The Kier molecular flexibility index (Phi) is 7.03. The number of hydrogen-bond acceptors (Lipinski definition) is 8. The number of ether oxygens (including phenoxy) is 8. The molecule has 8 nitrogen and oxygen atoms in total. The van der Waals surface area contributed by atoms with Gasteiger partial charge in [-0.2, -0.15) is 0 Å². The van der Waals surface area contributed by atoms with E-state index in [0.717, 1.165) is 26.4 Å². The van der Waals surface area contributed by atoms with Crippen LogP contribution in [-0.4, -0.2) is 77.3 Å². The second-order valence-electron chi connectivity index (χ2n) is 5.70. The van der Waals surface area contributed by atoms with Crippen LogP contribution in [0.2, 0.25) is 0 Å². The molecular weight excluding hydrogens is 320 g/mol. The van der Waals surface area contributed by atoms with Gasteiger partial charge in [-0.15, -0.1) is 0 Å². The van der Waals surface area contributed by atoms with Gasteiger partial charge in [0.05, 0.1) is 26.4 Å². The minimum Gasteiger partial charge on any atom is -0.495 e. The van der Waals surface area contributed by atoms with Crippen molar-refractivity contribution in [3.63, 3.8) is 0 Å². The Bertz CT molecular complexity index is 323. The molecule has 4 heterocycles. The third-order valence-electron chi connectivity index (χ3n) is 3.23. The summed E-state index contributed by atoms with van der Waals surface area (Å²) in [7, 11) is 0. The molecule has 0 aromatic rings. The Balaban J connectivity index is 0.000000141. The van der Waals surface area contributed by atoms with E-state index in [1.165, 1.54) is 0 Å². The molecule has 4 atom stereocenters. The van der Waals surface area contributed by atoms with Crippen LogP contribution in [0.25, 0.3) is 0 Å². The summed E-state index contributed by atoms with van der Waals surface area (Å²) in [6.45, 7) is 5.80. The summed E-state index contributed by atoms with van der Waals surface area (Å²) in [5.74, 6) is 0. The first-order chi connectivity index (χ1) is 11.9. The average molecular weight is 344 g/mol. The summed E-state index contributed by atoms with van der Waals surface area (Å²) in [6, 6.07) is 0. The molecule has 8 heteroatoms. The number of epoxide rings is 4. The van der Waals surface area contributed by atoms with Gasteiger partial charge >= 0.3 is 0 Å². The molecule has 0 bridgehead atoms. The maximum absolute atomic E-state index is 5.09. The Morgan fingerprint density at radius 3 is 0.875 bits per heavy atom. The van der Waals surface area contributed by atoms with Gasteiger partial charge < -0.3 is 37.9 Å². The molecule has 136 valence electrons. The molecule has 4 rings (SSSR count). The van der Waals surface area contributed by atoms with Gasteiger partial charge in [0, 0.05) is 0 Å². The molecule has 0 N–H and O–H groups in total. The molecule has 0 aromatic carbocycles. The average Bonchev–Trinajstić information content (AvgIpc) is 3.45. The summed E-state index contributed by atoms with van der Waals surface area (Å²) in [4.78, 5) is 0. The van der Waals surface area contributed by atoms with Crippen LogP contribution in [0.15, 0.2) is 25.0 Å². The predicted octanol–water partition coefficient (Wildman–Crippen LogP) is 0.577. The Hall–Kier alpha value is -1.48. The number of rotatable bonds is 12. The molecule has 4 aliphatic heterocycles. The third-order valence-corrected chi connectivity index (χ3v) is 3.23. The smallest absolute Gasteiger partial charge is 0.117 e. The highest BCUT2D eigenvalue weighted by molar-refractivity contribution is 4.73. The van der Waals surface area contributed by atoms with E-state index in [1.807, 2.05) is 0 Å². The fourth-order valence-corrected chi connectivity index (χ4v) is 1.47. The van der Waals surface area contributed by atoms with Gasteiger partial charge in [0.25, 0.3) is 0 Å². The summed E-state index contributed by atoms with van der Waals surface area (Å²) >= 11 is 0. The van der Waals surface area contributed by atoms with E-state index in [1.54, 1.807) is 25.0 Å². The summed E-state index contributed by atoms with van der Waals surface area (Å²) in [5.41, 5.74) is 0. The minimum absolute atomic E-state index is 0.307. The lowest BCUT2D eigenvalue weighted by Gasteiger charge is -1.96. The SMILES string of the molecule is C(=COCC1CO1)OCC1CO1.C(=COCC1CO1)OCC1CO1. The molecule has 4 aliphatic rings. The Morgan fingerprint density at radius 2 is 0.708 bits per heavy atom. The van der Waals surface area contributed by atoms with Gasteiger partial charge in [0.1, 0.15) is 75.9 Å². The second kappa shape index (κ2) is 9.73. The molecule has 4 unspecified atom stereocenters. The van der Waals surface area contributed by atoms with Crippen molar-refractivity contribution in [2.24, 2.45) is 0 Å². The summed E-state index contributed by atoms with van der Waals surface area (Å²) < 4.78 is 40.1. The van der Waals surface area contributed by atoms with Crippen molar-refractivity contribution in [3.05, 3.63) is 25.0 Å². The van der Waals surface area contributed by atoms with E-state index in [-0.39, 0.29) is 0 Å². The molecule has 4 saturated heterocycles. The molecule has 0 aromatic heterocycles. The molecule has 0 spiro atoms. The zero-order chi connectivity index (χ0) is 16.5. The normalized spacial score (nSPS) is 32.0. The fourth-order valence-electron chi connectivity index (χ4n) is 1.47. The molecule has 4 fully saturated rings. The first-order valence-electron chi connectivity index (χ1n) is 8.13. The van der Waals surface area contributed by atoms with E-state index >= 15 is 0 Å². The molecular formula is C16H24O8. The molecule has 24 heavy (non-hydrogen) atoms. The van der Waals surface area contributed by atoms with E-state index in [2.05, 4.69) is 0 Å². The van der Waals surface area contributed by atoms with Crippen molar-refractivity contribution in [1.82, 2.24) is 0 Å². The van der Waals surface area contributed by atoms with Gasteiger partial charge in [0.15, 0.2) is 0 Å². The second-order valence-corrected chi connectivity index (χ2v) is 5.70. The van der Waals surface area contributed by atoms with Crippen LogP contribution in [0.5, 0.6) is 0 Å². The lowest BCUT2D eigenvalue weighted by atomic mass is 10.5. The minimum atomic E-state index is 0.307. The van der Waals surface area contributed by atoms with Crippen LogP contribution >= 0.6 is 0 Å². The standard InChI is InChI=1S/2C8H12O4/c2*1(9-3-7-5-11-7)2-10-4-8-6-12-8/h2*1-2,7-8H,3-6H2. The zero-order valence-corrected chi connectivity index (χ0v) is 13.5. The van der Waals surface area contributed by atoms with E-state index in [4.69, 9.17) is 37.9 Å². The first-order valence-corrected chi connectivity index (χ1v) is 8.13. The van der Waals surface area contributed by atoms with Crippen LogP contribution in [-0.2, 0) is 37.9 Å². The molecule has 0 saturated carbocycles. The van der Waals surface area contributed by atoms with E-state index in [0.29, 0.717) is 50.8 Å². The van der Waals surface area contributed by atoms with Gasteiger partial charge in [-0.3, -0.25) is 0 Å². The van der Waals surface area contributed by atoms with Crippen LogP contribution in [0, 0.1) is 0 Å². The maximum Gasteiger partial charge on any atom is 0.117 e. The first kappa shape index (κ1) is 17.3. The quantitative estimate of drug-likeness (QED) is 0.375. The Labute approximate surface area is 141 Å². The van der Waals surface area contributed by atoms with Crippen LogP contribution < -0.4 is 0 Å². The van der Waals surface area contributed by atoms with Crippen LogP contribution in [0.3, 0.4) is 0 Å². The molecule has 0 amide bonds. The fraction of sp³-hybridized carbons (Fsp3) is 0.750. The van der Waals surface area contributed by atoms with Crippen LogP contribution in [0.4, 0.5) is 0 Å². The third kappa shape index (κ3) is 9.61. The van der Waals surface area contributed by atoms with Gasteiger partial charge in [0.2, 0.25) is 0 Å². The highest BCUT2D eigenvalue weighted by Crippen LogP contribution is 2.10. The van der Waals surface area contributed by atoms with Crippen molar-refractivity contribution in [1.29, 1.82) is 0 Å². The number of hydrogen-bond donors (Lipinski definition) is 0. The van der Waals surface area contributed by atoms with Crippen molar-refractivity contribution in [2.45, 2.75) is 24.4 Å². The molecule has 0 aliphatic carbocycles. The largest absolute Gasteiger partial charge is 0.495 e. The van der Waals surface area contributed by atoms with Gasteiger partial charge in [-0.05, 0) is 0 Å². The van der Waals surface area contributed by atoms with Crippen LogP contribution in [0.1, 0.15) is 0 Å². The van der Waals surface area contributed by atoms with Crippen molar-refractivity contribution in [2.75, 3.05) is 52.9 Å². The zero-order valence-electron chi connectivity index (χ0n) is 13.5. The monoisotopic (exact) mass is 344 g/mol. The van der Waals surface area contributed by atoms with Crippen molar-refractivity contribution >= 4 is 0 Å². The topological polar surface area (TPSA) is 87.0 Å². The van der Waals surface area contributed by atoms with E-state index < -0.39 is 0 Å². The summed E-state index contributed by atoms with van der Waals surface area (Å²) in [6.07, 6.45) is 7.41. The van der Waals surface area contributed by atoms with Gasteiger partial charge in [-0.25, -0.2) is 0 Å². The van der Waals surface area contributed by atoms with Gasteiger partial charge in [-0.1, -0.05) is 0 Å². The highest BCUT2D eigenvalue weighted by atomic mass is 16.6. The maximum atomic E-state index is 5.09. The Morgan fingerprint density at radius 1 is 0.500 bits per heavy atom. The lowest BCUT2D eigenvalue weighted by molar-refractivity contribution is 0.176.